The Balaban J connectivity index is 2.06. The summed E-state index contributed by atoms with van der Waals surface area (Å²) in [6.45, 7) is 5.84. The predicted octanol–water partition coefficient (Wildman–Crippen LogP) is 4.62. The predicted molar refractivity (Wildman–Crippen MR) is 102 cm³/mol. The van der Waals surface area contributed by atoms with Gasteiger partial charge in [-0.2, -0.15) is 0 Å². The first-order valence-electron chi connectivity index (χ1n) is 8.45. The molecule has 0 aliphatic carbocycles. The van der Waals surface area contributed by atoms with E-state index in [0.717, 1.165) is 5.56 Å². The summed E-state index contributed by atoms with van der Waals surface area (Å²) >= 11 is 6.12. The van der Waals surface area contributed by atoms with E-state index >= 15 is 0 Å². The van der Waals surface area contributed by atoms with Crippen molar-refractivity contribution >= 4 is 29.2 Å². The number of halogens is 1. The van der Waals surface area contributed by atoms with E-state index in [1.54, 1.807) is 13.0 Å². The van der Waals surface area contributed by atoms with Crippen LogP contribution in [0.3, 0.4) is 0 Å². The second-order valence-electron chi connectivity index (χ2n) is 5.73. The number of amides is 1. The van der Waals surface area contributed by atoms with Crippen LogP contribution >= 0.6 is 11.6 Å². The smallest absolute Gasteiger partial charge is 0.339 e. The van der Waals surface area contributed by atoms with Crippen LogP contribution in [-0.2, 0) is 9.53 Å². The molecule has 0 spiro atoms. The van der Waals surface area contributed by atoms with Gasteiger partial charge in [-0.15, -0.1) is 0 Å². The number of carbonyl (C=O) groups is 2. The van der Waals surface area contributed by atoms with Gasteiger partial charge in [-0.1, -0.05) is 36.2 Å². The fourth-order valence-corrected chi connectivity index (χ4v) is 2.55. The highest BCUT2D eigenvalue weighted by Crippen LogP contribution is 2.23. The Morgan fingerprint density at radius 3 is 2.38 bits per heavy atom. The summed E-state index contributed by atoms with van der Waals surface area (Å²) in [6.07, 6.45) is -0.129. The molecule has 2 aromatic carbocycles. The molecule has 1 N–H and O–H groups in total. The van der Waals surface area contributed by atoms with Gasteiger partial charge in [-0.05, 0) is 50.6 Å². The fourth-order valence-electron chi connectivity index (χ4n) is 2.29. The number of anilines is 1. The minimum absolute atomic E-state index is 0.216. The van der Waals surface area contributed by atoms with Gasteiger partial charge in [-0.25, -0.2) is 4.79 Å². The average molecular weight is 376 g/mol. The molecule has 0 saturated heterocycles. The number of rotatable bonds is 7. The van der Waals surface area contributed by atoms with Crippen molar-refractivity contribution in [3.63, 3.8) is 0 Å². The van der Waals surface area contributed by atoms with E-state index in [1.807, 2.05) is 38.1 Å². The molecule has 2 aromatic rings. The maximum Gasteiger partial charge on any atom is 0.339 e. The quantitative estimate of drug-likeness (QED) is 0.717. The lowest BCUT2D eigenvalue weighted by molar-refractivity contribution is -0.122. The van der Waals surface area contributed by atoms with Crippen molar-refractivity contribution in [1.82, 2.24) is 0 Å². The Labute approximate surface area is 158 Å². The van der Waals surface area contributed by atoms with Gasteiger partial charge in [0, 0.05) is 5.69 Å². The summed E-state index contributed by atoms with van der Waals surface area (Å²) < 4.78 is 10.7. The Hall–Kier alpha value is -2.53. The molecule has 0 radical (unpaired) electrons. The average Bonchev–Trinajstić information content (AvgIpc) is 2.61. The summed E-state index contributed by atoms with van der Waals surface area (Å²) in [7, 11) is 0. The molecule has 0 saturated carbocycles. The molecule has 5 nitrogen and oxygen atoms in total. The zero-order chi connectivity index (χ0) is 19.1. The van der Waals surface area contributed by atoms with Gasteiger partial charge in [0.05, 0.1) is 17.2 Å². The van der Waals surface area contributed by atoms with Crippen LogP contribution in [0.25, 0.3) is 0 Å². The molecule has 26 heavy (non-hydrogen) atoms. The second kappa shape index (κ2) is 9.25. The molecule has 138 valence electrons. The lowest BCUT2D eigenvalue weighted by Crippen LogP contribution is -2.32. The maximum atomic E-state index is 12.5. The van der Waals surface area contributed by atoms with E-state index in [2.05, 4.69) is 5.32 Å². The van der Waals surface area contributed by atoms with Crippen LogP contribution in [0.15, 0.2) is 42.5 Å². The first-order valence-corrected chi connectivity index (χ1v) is 8.83. The van der Waals surface area contributed by atoms with E-state index in [9.17, 15) is 9.59 Å². The lowest BCUT2D eigenvalue weighted by atomic mass is 10.2. The van der Waals surface area contributed by atoms with Crippen LogP contribution in [0.4, 0.5) is 5.69 Å². The molecule has 6 heteroatoms. The van der Waals surface area contributed by atoms with Gasteiger partial charge < -0.3 is 14.8 Å². The Bertz CT molecular complexity index is 774. The Morgan fingerprint density at radius 2 is 1.81 bits per heavy atom. The van der Waals surface area contributed by atoms with Gasteiger partial charge in [-0.3, -0.25) is 4.79 Å². The molecular weight excluding hydrogens is 354 g/mol. The van der Waals surface area contributed by atoms with Crippen molar-refractivity contribution in [3.8, 4) is 5.75 Å². The Kier molecular flexibility index (Phi) is 7.04. The van der Waals surface area contributed by atoms with E-state index in [0.29, 0.717) is 17.9 Å². The molecule has 0 bridgehead atoms. The van der Waals surface area contributed by atoms with Crippen molar-refractivity contribution in [1.29, 1.82) is 0 Å². The molecule has 0 aromatic heterocycles. The minimum Gasteiger partial charge on any atom is -0.481 e. The molecule has 0 aliphatic heterocycles. The summed E-state index contributed by atoms with van der Waals surface area (Å²) in [6, 6.07) is 12.2. The van der Waals surface area contributed by atoms with Gasteiger partial charge >= 0.3 is 5.97 Å². The zero-order valence-corrected chi connectivity index (χ0v) is 15.8. The first kappa shape index (κ1) is 19.8. The number of ether oxygens (including phenoxy) is 2. The molecule has 0 fully saturated rings. The summed E-state index contributed by atoms with van der Waals surface area (Å²) in [5.74, 6) is -0.147. The SMILES string of the molecule is CCOC(=O)c1ccc(NC(=O)C(CC)Oc2ccc(C)cc2)cc1Cl. The van der Waals surface area contributed by atoms with Gasteiger partial charge in [0.25, 0.3) is 5.91 Å². The standard InChI is InChI=1S/C20H22ClNO4/c1-4-18(26-15-9-6-13(3)7-10-15)19(23)22-14-8-11-16(17(21)12-14)20(24)25-5-2/h6-12,18H,4-5H2,1-3H3,(H,22,23). The van der Waals surface area contributed by atoms with Crippen molar-refractivity contribution in [2.24, 2.45) is 0 Å². The van der Waals surface area contributed by atoms with E-state index in [4.69, 9.17) is 21.1 Å². The monoisotopic (exact) mass is 375 g/mol. The number of esters is 1. The number of aryl methyl sites for hydroxylation is 1. The summed E-state index contributed by atoms with van der Waals surface area (Å²) in [5.41, 5.74) is 1.86. The van der Waals surface area contributed by atoms with Gasteiger partial charge in [0.1, 0.15) is 5.75 Å². The zero-order valence-electron chi connectivity index (χ0n) is 15.0. The van der Waals surface area contributed by atoms with Gasteiger partial charge in [0.15, 0.2) is 6.10 Å². The van der Waals surface area contributed by atoms with E-state index in [-0.39, 0.29) is 23.1 Å². The minimum atomic E-state index is -0.638. The van der Waals surface area contributed by atoms with Crippen molar-refractivity contribution in [3.05, 3.63) is 58.6 Å². The normalized spacial score (nSPS) is 11.5. The third kappa shape index (κ3) is 5.23. The molecule has 0 aliphatic rings. The Morgan fingerprint density at radius 1 is 1.12 bits per heavy atom. The first-order chi connectivity index (χ1) is 12.4. The number of benzene rings is 2. The van der Waals surface area contributed by atoms with Crippen LogP contribution < -0.4 is 10.1 Å². The van der Waals surface area contributed by atoms with Crippen LogP contribution in [0.2, 0.25) is 5.02 Å². The van der Waals surface area contributed by atoms with Crippen molar-refractivity contribution in [2.75, 3.05) is 11.9 Å². The second-order valence-corrected chi connectivity index (χ2v) is 6.14. The van der Waals surface area contributed by atoms with Crippen LogP contribution in [0, 0.1) is 6.92 Å². The van der Waals surface area contributed by atoms with Crippen molar-refractivity contribution in [2.45, 2.75) is 33.3 Å². The molecular formula is C20H22ClNO4. The molecule has 2 rings (SSSR count). The number of carbonyl (C=O) groups excluding carboxylic acids is 2. The van der Waals surface area contributed by atoms with Gasteiger partial charge in [0.2, 0.25) is 0 Å². The van der Waals surface area contributed by atoms with E-state index in [1.165, 1.54) is 12.1 Å². The highest BCUT2D eigenvalue weighted by molar-refractivity contribution is 6.34. The topological polar surface area (TPSA) is 64.6 Å². The highest BCUT2D eigenvalue weighted by Gasteiger charge is 2.19. The van der Waals surface area contributed by atoms with Crippen LogP contribution in [-0.4, -0.2) is 24.6 Å². The third-order valence-corrected chi connectivity index (χ3v) is 4.01. The maximum absolute atomic E-state index is 12.5. The van der Waals surface area contributed by atoms with Crippen molar-refractivity contribution < 1.29 is 19.1 Å². The van der Waals surface area contributed by atoms with E-state index < -0.39 is 12.1 Å². The van der Waals surface area contributed by atoms with Crippen LogP contribution in [0.1, 0.15) is 36.2 Å². The lowest BCUT2D eigenvalue weighted by Gasteiger charge is -2.17. The number of hydrogen-bond acceptors (Lipinski definition) is 4. The molecule has 0 heterocycles. The number of hydrogen-bond donors (Lipinski definition) is 1. The fraction of sp³-hybridized carbons (Fsp3) is 0.300. The highest BCUT2D eigenvalue weighted by atomic mass is 35.5. The molecule has 1 atom stereocenters. The summed E-state index contributed by atoms with van der Waals surface area (Å²) in [4.78, 5) is 24.2. The largest absolute Gasteiger partial charge is 0.481 e. The third-order valence-electron chi connectivity index (χ3n) is 3.69. The molecule has 1 unspecified atom stereocenters. The molecule has 1 amide bonds. The number of nitrogens with one attached hydrogen (secondary N) is 1. The van der Waals surface area contributed by atoms with Crippen LogP contribution in [0.5, 0.6) is 5.75 Å². The summed E-state index contributed by atoms with van der Waals surface area (Å²) in [5, 5.41) is 2.98.